The molecule has 0 bridgehead atoms. The largest absolute Gasteiger partial charge is 0.481 e. The molecule has 1 heterocycles. The van der Waals surface area contributed by atoms with Gasteiger partial charge in [-0.1, -0.05) is 20.8 Å². The summed E-state index contributed by atoms with van der Waals surface area (Å²) in [5, 5.41) is 8.83. The summed E-state index contributed by atoms with van der Waals surface area (Å²) in [6.45, 7) is 9.40. The van der Waals surface area contributed by atoms with Gasteiger partial charge in [0.2, 0.25) is 0 Å². The van der Waals surface area contributed by atoms with E-state index in [1.54, 1.807) is 0 Å². The second-order valence-electron chi connectivity index (χ2n) is 5.18. The van der Waals surface area contributed by atoms with Crippen LogP contribution in [-0.4, -0.2) is 35.6 Å². The molecule has 0 aromatic heterocycles. The smallest absolute Gasteiger partial charge is 0.306 e. The molecule has 0 amide bonds. The maximum Gasteiger partial charge on any atom is 0.306 e. The molecular weight excluding hydrogens is 190 g/mol. The van der Waals surface area contributed by atoms with Crippen molar-refractivity contribution < 1.29 is 9.90 Å². The van der Waals surface area contributed by atoms with Crippen molar-refractivity contribution >= 4 is 5.97 Å². The van der Waals surface area contributed by atoms with Crippen molar-refractivity contribution in [3.8, 4) is 0 Å². The van der Waals surface area contributed by atoms with Crippen LogP contribution in [0.1, 0.15) is 33.6 Å². The van der Waals surface area contributed by atoms with Crippen molar-refractivity contribution in [2.45, 2.75) is 33.6 Å². The van der Waals surface area contributed by atoms with Crippen LogP contribution in [0.5, 0.6) is 0 Å². The fraction of sp³-hybridized carbons (Fsp3) is 0.917. The van der Waals surface area contributed by atoms with Gasteiger partial charge in [-0.3, -0.25) is 4.79 Å². The van der Waals surface area contributed by atoms with Crippen LogP contribution in [0.15, 0.2) is 0 Å². The van der Waals surface area contributed by atoms with Crippen molar-refractivity contribution in [2.24, 2.45) is 17.8 Å². The van der Waals surface area contributed by atoms with Crippen molar-refractivity contribution in [1.29, 1.82) is 0 Å². The fourth-order valence-electron chi connectivity index (χ4n) is 2.03. The standard InChI is InChI=1S/C12H23NO2/c1-9(2)5-4-6-13-7-11(8-13)10(3)12(14)15/h9-11H,4-8H2,1-3H3,(H,14,15). The summed E-state index contributed by atoms with van der Waals surface area (Å²) in [6, 6.07) is 0. The maximum atomic E-state index is 10.7. The lowest BCUT2D eigenvalue weighted by atomic mass is 9.87. The maximum absolute atomic E-state index is 10.7. The van der Waals surface area contributed by atoms with Gasteiger partial charge in [0.25, 0.3) is 0 Å². The highest BCUT2D eigenvalue weighted by atomic mass is 16.4. The summed E-state index contributed by atoms with van der Waals surface area (Å²) in [6.07, 6.45) is 2.52. The van der Waals surface area contributed by atoms with Crippen LogP contribution in [-0.2, 0) is 4.79 Å². The Balaban J connectivity index is 2.07. The lowest BCUT2D eigenvalue weighted by Gasteiger charge is -2.41. The fourth-order valence-corrected chi connectivity index (χ4v) is 2.03. The third-order valence-electron chi connectivity index (χ3n) is 3.34. The Morgan fingerprint density at radius 2 is 2.00 bits per heavy atom. The summed E-state index contributed by atoms with van der Waals surface area (Å²) in [5.41, 5.74) is 0. The number of carbonyl (C=O) groups is 1. The van der Waals surface area contributed by atoms with Crippen LogP contribution >= 0.6 is 0 Å². The monoisotopic (exact) mass is 213 g/mol. The first-order chi connectivity index (χ1) is 7.00. The highest BCUT2D eigenvalue weighted by Crippen LogP contribution is 2.24. The minimum Gasteiger partial charge on any atom is -0.481 e. The number of carboxylic acid groups (broad SMARTS) is 1. The second-order valence-corrected chi connectivity index (χ2v) is 5.18. The van der Waals surface area contributed by atoms with Gasteiger partial charge in [0.1, 0.15) is 0 Å². The van der Waals surface area contributed by atoms with E-state index in [2.05, 4.69) is 18.7 Å². The van der Waals surface area contributed by atoms with Crippen LogP contribution in [0.4, 0.5) is 0 Å². The topological polar surface area (TPSA) is 40.5 Å². The molecule has 1 aliphatic heterocycles. The zero-order valence-electron chi connectivity index (χ0n) is 10.1. The Bertz CT molecular complexity index is 210. The normalized spacial score (nSPS) is 20.3. The van der Waals surface area contributed by atoms with Gasteiger partial charge >= 0.3 is 5.97 Å². The van der Waals surface area contributed by atoms with E-state index in [1.165, 1.54) is 12.8 Å². The van der Waals surface area contributed by atoms with Crippen molar-refractivity contribution in [1.82, 2.24) is 4.90 Å². The summed E-state index contributed by atoms with van der Waals surface area (Å²) >= 11 is 0. The summed E-state index contributed by atoms with van der Waals surface area (Å²) in [5.74, 6) is 0.328. The lowest BCUT2D eigenvalue weighted by molar-refractivity contribution is -0.145. The van der Waals surface area contributed by atoms with Crippen LogP contribution in [0.2, 0.25) is 0 Å². The van der Waals surface area contributed by atoms with Crippen LogP contribution in [0.3, 0.4) is 0 Å². The Kier molecular flexibility index (Phi) is 4.58. The van der Waals surface area contributed by atoms with Crippen LogP contribution in [0.25, 0.3) is 0 Å². The first-order valence-corrected chi connectivity index (χ1v) is 5.96. The van der Waals surface area contributed by atoms with Crippen LogP contribution in [0, 0.1) is 17.8 Å². The number of hydrogen-bond acceptors (Lipinski definition) is 2. The molecule has 0 aromatic rings. The van der Waals surface area contributed by atoms with Gasteiger partial charge in [-0.05, 0) is 31.2 Å². The van der Waals surface area contributed by atoms with Gasteiger partial charge in [0, 0.05) is 13.1 Å². The molecule has 0 radical (unpaired) electrons. The minimum atomic E-state index is -0.651. The van der Waals surface area contributed by atoms with Crippen LogP contribution < -0.4 is 0 Å². The molecule has 0 spiro atoms. The summed E-state index contributed by atoms with van der Waals surface area (Å²) in [4.78, 5) is 13.1. The van der Waals surface area contributed by atoms with Crippen molar-refractivity contribution in [2.75, 3.05) is 19.6 Å². The molecule has 1 rings (SSSR count). The molecule has 0 saturated carbocycles. The average molecular weight is 213 g/mol. The van der Waals surface area contributed by atoms with Gasteiger partial charge < -0.3 is 10.0 Å². The molecule has 3 nitrogen and oxygen atoms in total. The Labute approximate surface area is 92.5 Å². The van der Waals surface area contributed by atoms with Gasteiger partial charge in [0.15, 0.2) is 0 Å². The predicted molar refractivity (Wildman–Crippen MR) is 60.8 cm³/mol. The first kappa shape index (κ1) is 12.5. The average Bonchev–Trinajstić information content (AvgIpc) is 2.07. The lowest BCUT2D eigenvalue weighted by Crippen LogP contribution is -2.51. The molecule has 1 atom stereocenters. The highest BCUT2D eigenvalue weighted by molar-refractivity contribution is 5.70. The quantitative estimate of drug-likeness (QED) is 0.734. The molecule has 1 N–H and O–H groups in total. The van der Waals surface area contributed by atoms with Crippen molar-refractivity contribution in [3.63, 3.8) is 0 Å². The molecule has 0 aromatic carbocycles. The molecule has 1 unspecified atom stereocenters. The van der Waals surface area contributed by atoms with E-state index in [1.807, 2.05) is 6.92 Å². The van der Waals surface area contributed by atoms with E-state index in [0.29, 0.717) is 5.92 Å². The van der Waals surface area contributed by atoms with E-state index in [-0.39, 0.29) is 5.92 Å². The predicted octanol–water partition coefficient (Wildman–Crippen LogP) is 2.08. The highest BCUT2D eigenvalue weighted by Gasteiger charge is 2.33. The molecule has 1 fully saturated rings. The zero-order valence-corrected chi connectivity index (χ0v) is 10.1. The number of likely N-dealkylation sites (tertiary alicyclic amines) is 1. The summed E-state index contributed by atoms with van der Waals surface area (Å²) < 4.78 is 0. The third kappa shape index (κ3) is 3.82. The molecular formula is C12H23NO2. The molecule has 3 heteroatoms. The molecule has 0 aliphatic carbocycles. The van der Waals surface area contributed by atoms with E-state index in [0.717, 1.165) is 25.6 Å². The molecule has 15 heavy (non-hydrogen) atoms. The van der Waals surface area contributed by atoms with E-state index < -0.39 is 5.97 Å². The number of carboxylic acids is 1. The van der Waals surface area contributed by atoms with E-state index in [9.17, 15) is 4.79 Å². The summed E-state index contributed by atoms with van der Waals surface area (Å²) in [7, 11) is 0. The number of nitrogens with zero attached hydrogens (tertiary/aromatic N) is 1. The molecule has 1 saturated heterocycles. The van der Waals surface area contributed by atoms with Gasteiger partial charge in [-0.2, -0.15) is 0 Å². The third-order valence-corrected chi connectivity index (χ3v) is 3.34. The van der Waals surface area contributed by atoms with E-state index >= 15 is 0 Å². The molecule has 1 aliphatic rings. The Morgan fingerprint density at radius 3 is 2.47 bits per heavy atom. The van der Waals surface area contributed by atoms with Gasteiger partial charge in [-0.25, -0.2) is 0 Å². The van der Waals surface area contributed by atoms with Gasteiger partial charge in [-0.15, -0.1) is 0 Å². The second kappa shape index (κ2) is 5.50. The Morgan fingerprint density at radius 1 is 1.40 bits per heavy atom. The minimum absolute atomic E-state index is 0.175. The first-order valence-electron chi connectivity index (χ1n) is 5.96. The van der Waals surface area contributed by atoms with E-state index in [4.69, 9.17) is 5.11 Å². The van der Waals surface area contributed by atoms with Crippen molar-refractivity contribution in [3.05, 3.63) is 0 Å². The number of rotatable bonds is 6. The van der Waals surface area contributed by atoms with Gasteiger partial charge in [0.05, 0.1) is 5.92 Å². The Hall–Kier alpha value is -0.570. The zero-order chi connectivity index (χ0) is 11.4. The number of aliphatic carboxylic acids is 1. The SMILES string of the molecule is CC(C)CCCN1CC(C(C)C(=O)O)C1. The molecule has 88 valence electrons. The number of hydrogen-bond donors (Lipinski definition) is 1.